The molecule has 0 unspecified atom stereocenters. The maximum Gasteiger partial charge on any atom is 0.234 e. The number of carbonyl (C=O) groups excluding carboxylic acids is 1. The zero-order valence-electron chi connectivity index (χ0n) is 14.8. The minimum atomic E-state index is -0.648. The molecule has 0 fully saturated rings. The topological polar surface area (TPSA) is 72.7 Å². The molecule has 128 valence electrons. The van der Waals surface area contributed by atoms with E-state index in [-0.39, 0.29) is 5.91 Å². The smallest absolute Gasteiger partial charge is 0.234 e. The van der Waals surface area contributed by atoms with Gasteiger partial charge in [-0.05, 0) is 66.9 Å². The van der Waals surface area contributed by atoms with Crippen LogP contribution in [0.5, 0.6) is 0 Å². The highest BCUT2D eigenvalue weighted by Crippen LogP contribution is 2.28. The lowest BCUT2D eigenvalue weighted by Gasteiger charge is -2.26. The van der Waals surface area contributed by atoms with Gasteiger partial charge in [-0.3, -0.25) is 4.79 Å². The van der Waals surface area contributed by atoms with Crippen LogP contribution in [0, 0.1) is 13.8 Å². The number of amides is 1. The van der Waals surface area contributed by atoms with E-state index in [0.29, 0.717) is 5.69 Å². The average molecular weight is 335 g/mol. The number of anilines is 1. The van der Waals surface area contributed by atoms with Crippen LogP contribution in [0.2, 0.25) is 0 Å². The molecule has 6 nitrogen and oxygen atoms in total. The van der Waals surface area contributed by atoms with Crippen LogP contribution in [0.1, 0.15) is 30.5 Å². The number of aryl methyl sites for hydroxylation is 2. The number of nitrogens with zero attached hydrogens (tertiary/aromatic N) is 4. The molecule has 1 N–H and O–H groups in total. The van der Waals surface area contributed by atoms with Gasteiger partial charge in [0, 0.05) is 5.69 Å². The van der Waals surface area contributed by atoms with Gasteiger partial charge in [-0.15, -0.1) is 5.10 Å². The zero-order valence-corrected chi connectivity index (χ0v) is 14.8. The van der Waals surface area contributed by atoms with E-state index in [1.54, 1.807) is 4.68 Å². The largest absolute Gasteiger partial charge is 0.325 e. The second kappa shape index (κ2) is 6.47. The Bertz CT molecular complexity index is 900. The molecule has 2 aromatic carbocycles. The highest BCUT2D eigenvalue weighted by molar-refractivity contribution is 5.99. The first-order valence-corrected chi connectivity index (χ1v) is 8.11. The van der Waals surface area contributed by atoms with Gasteiger partial charge >= 0.3 is 0 Å². The number of rotatable bonds is 4. The zero-order chi connectivity index (χ0) is 18.0. The van der Waals surface area contributed by atoms with Gasteiger partial charge in [0.25, 0.3) is 0 Å². The number of tetrazole rings is 1. The van der Waals surface area contributed by atoms with E-state index in [4.69, 9.17) is 0 Å². The van der Waals surface area contributed by atoms with E-state index < -0.39 is 5.41 Å². The SMILES string of the molecule is Cc1ccc(NC(=O)C(C)(C)c2ccccc2C)cc1-n1cnnn1. The van der Waals surface area contributed by atoms with Crippen molar-refractivity contribution in [2.75, 3.05) is 5.32 Å². The number of benzene rings is 2. The third kappa shape index (κ3) is 3.28. The van der Waals surface area contributed by atoms with Crippen molar-refractivity contribution in [1.82, 2.24) is 20.2 Å². The molecular formula is C19H21N5O. The van der Waals surface area contributed by atoms with Gasteiger partial charge in [-0.1, -0.05) is 30.3 Å². The van der Waals surface area contributed by atoms with Crippen LogP contribution in [-0.4, -0.2) is 26.1 Å². The Balaban J connectivity index is 1.89. The number of hydrogen-bond donors (Lipinski definition) is 1. The number of carbonyl (C=O) groups is 1. The van der Waals surface area contributed by atoms with Crippen LogP contribution in [-0.2, 0) is 10.2 Å². The molecule has 0 spiro atoms. The molecule has 3 aromatic rings. The molecule has 0 bridgehead atoms. The monoisotopic (exact) mass is 335 g/mol. The summed E-state index contributed by atoms with van der Waals surface area (Å²) in [6.45, 7) is 7.86. The molecule has 6 heteroatoms. The van der Waals surface area contributed by atoms with Gasteiger partial charge in [0.15, 0.2) is 0 Å². The predicted molar refractivity (Wildman–Crippen MR) is 96.7 cm³/mol. The number of nitrogens with one attached hydrogen (secondary N) is 1. The van der Waals surface area contributed by atoms with Crippen molar-refractivity contribution in [1.29, 1.82) is 0 Å². The molecule has 1 aromatic heterocycles. The second-order valence-corrected chi connectivity index (χ2v) is 6.65. The molecule has 0 saturated carbocycles. The van der Waals surface area contributed by atoms with Crippen LogP contribution in [0.3, 0.4) is 0 Å². The molecular weight excluding hydrogens is 314 g/mol. The summed E-state index contributed by atoms with van der Waals surface area (Å²) in [4.78, 5) is 12.9. The van der Waals surface area contributed by atoms with Gasteiger partial charge in [0.2, 0.25) is 5.91 Å². The maximum atomic E-state index is 12.9. The van der Waals surface area contributed by atoms with Crippen molar-refractivity contribution in [2.45, 2.75) is 33.1 Å². The molecule has 1 amide bonds. The Morgan fingerprint density at radius 2 is 1.84 bits per heavy atom. The Labute approximate surface area is 146 Å². The summed E-state index contributed by atoms with van der Waals surface area (Å²) in [6, 6.07) is 13.6. The van der Waals surface area contributed by atoms with Crippen molar-refractivity contribution in [3.8, 4) is 5.69 Å². The van der Waals surface area contributed by atoms with E-state index in [0.717, 1.165) is 22.4 Å². The normalized spacial score (nSPS) is 11.4. The minimum Gasteiger partial charge on any atom is -0.325 e. The third-order valence-corrected chi connectivity index (χ3v) is 4.45. The summed E-state index contributed by atoms with van der Waals surface area (Å²) >= 11 is 0. The van der Waals surface area contributed by atoms with Crippen LogP contribution in [0.15, 0.2) is 48.8 Å². The van der Waals surface area contributed by atoms with Gasteiger partial charge in [-0.2, -0.15) is 0 Å². The van der Waals surface area contributed by atoms with Gasteiger partial charge in [-0.25, -0.2) is 4.68 Å². The molecule has 0 aliphatic carbocycles. The molecule has 0 saturated heterocycles. The highest BCUT2D eigenvalue weighted by Gasteiger charge is 2.31. The summed E-state index contributed by atoms with van der Waals surface area (Å²) in [5.74, 6) is -0.0617. The lowest BCUT2D eigenvalue weighted by Crippen LogP contribution is -2.35. The lowest BCUT2D eigenvalue weighted by atomic mass is 9.81. The van der Waals surface area contributed by atoms with Crippen molar-refractivity contribution in [2.24, 2.45) is 0 Å². The standard InChI is InChI=1S/C19H21N5O/c1-13-7-5-6-8-16(13)19(3,4)18(25)21-15-10-9-14(2)17(11-15)24-12-20-22-23-24/h5-12H,1-4H3,(H,21,25). The fourth-order valence-electron chi connectivity index (χ4n) is 2.89. The summed E-state index contributed by atoms with van der Waals surface area (Å²) in [7, 11) is 0. The Morgan fingerprint density at radius 3 is 2.52 bits per heavy atom. The van der Waals surface area contributed by atoms with Crippen LogP contribution in [0.25, 0.3) is 5.69 Å². The lowest BCUT2D eigenvalue weighted by molar-refractivity contribution is -0.120. The maximum absolute atomic E-state index is 12.9. The third-order valence-electron chi connectivity index (χ3n) is 4.45. The van der Waals surface area contributed by atoms with E-state index in [1.165, 1.54) is 6.33 Å². The quantitative estimate of drug-likeness (QED) is 0.795. The summed E-state index contributed by atoms with van der Waals surface area (Å²) < 4.78 is 1.58. The van der Waals surface area contributed by atoms with Crippen LogP contribution in [0.4, 0.5) is 5.69 Å². The number of aromatic nitrogens is 4. The van der Waals surface area contributed by atoms with Crippen molar-refractivity contribution >= 4 is 11.6 Å². The summed E-state index contributed by atoms with van der Waals surface area (Å²) in [6.07, 6.45) is 1.53. The van der Waals surface area contributed by atoms with E-state index >= 15 is 0 Å². The molecule has 0 radical (unpaired) electrons. The van der Waals surface area contributed by atoms with Gasteiger partial charge < -0.3 is 5.32 Å². The first-order chi connectivity index (χ1) is 11.9. The fraction of sp³-hybridized carbons (Fsp3) is 0.263. The first kappa shape index (κ1) is 16.8. The van der Waals surface area contributed by atoms with Gasteiger partial charge in [0.1, 0.15) is 6.33 Å². The van der Waals surface area contributed by atoms with Crippen molar-refractivity contribution in [3.63, 3.8) is 0 Å². The number of hydrogen-bond acceptors (Lipinski definition) is 4. The molecule has 0 aliphatic heterocycles. The molecule has 0 aliphatic rings. The minimum absolute atomic E-state index is 0.0617. The Hall–Kier alpha value is -3.02. The van der Waals surface area contributed by atoms with E-state index in [2.05, 4.69) is 20.8 Å². The Kier molecular flexibility index (Phi) is 4.35. The van der Waals surface area contributed by atoms with Gasteiger partial charge in [0.05, 0.1) is 11.1 Å². The summed E-state index contributed by atoms with van der Waals surface area (Å²) in [5, 5.41) is 14.3. The highest BCUT2D eigenvalue weighted by atomic mass is 16.2. The van der Waals surface area contributed by atoms with Crippen molar-refractivity contribution in [3.05, 3.63) is 65.5 Å². The first-order valence-electron chi connectivity index (χ1n) is 8.11. The van der Waals surface area contributed by atoms with E-state index in [1.807, 2.05) is 70.2 Å². The second-order valence-electron chi connectivity index (χ2n) is 6.65. The molecule has 3 rings (SSSR count). The van der Waals surface area contributed by atoms with Crippen LogP contribution >= 0.6 is 0 Å². The summed E-state index contributed by atoms with van der Waals surface area (Å²) in [5.41, 5.74) is 4.02. The van der Waals surface area contributed by atoms with E-state index in [9.17, 15) is 4.79 Å². The average Bonchev–Trinajstić information content (AvgIpc) is 3.11. The Morgan fingerprint density at radius 1 is 1.08 bits per heavy atom. The molecule has 1 heterocycles. The van der Waals surface area contributed by atoms with Crippen LogP contribution < -0.4 is 5.32 Å². The molecule has 25 heavy (non-hydrogen) atoms. The van der Waals surface area contributed by atoms with Crippen molar-refractivity contribution < 1.29 is 4.79 Å². The fourth-order valence-corrected chi connectivity index (χ4v) is 2.89. The predicted octanol–water partition coefficient (Wildman–Crippen LogP) is 3.20. The molecule has 0 atom stereocenters.